The number of nitrogens with two attached hydrogens (primary N) is 1. The minimum absolute atomic E-state index is 0.0763. The summed E-state index contributed by atoms with van der Waals surface area (Å²) in [7, 11) is -3.85. The van der Waals surface area contributed by atoms with E-state index in [-0.39, 0.29) is 22.4 Å². The fourth-order valence-corrected chi connectivity index (χ4v) is 5.72. The molecular formula is C14H17N3O4S2. The summed E-state index contributed by atoms with van der Waals surface area (Å²) >= 11 is 0.954. The summed E-state index contributed by atoms with van der Waals surface area (Å²) in [5.41, 5.74) is 6.31. The monoisotopic (exact) mass is 355 g/mol. The van der Waals surface area contributed by atoms with Crippen molar-refractivity contribution in [2.45, 2.75) is 36.2 Å². The van der Waals surface area contributed by atoms with Crippen LogP contribution in [-0.4, -0.2) is 42.6 Å². The van der Waals surface area contributed by atoms with Gasteiger partial charge >= 0.3 is 4.87 Å². The maximum Gasteiger partial charge on any atom is 0.305 e. The van der Waals surface area contributed by atoms with E-state index < -0.39 is 16.1 Å². The second-order valence-corrected chi connectivity index (χ2v) is 8.39. The first-order valence-electron chi connectivity index (χ1n) is 7.29. The fourth-order valence-electron chi connectivity index (χ4n) is 3.02. The number of hydrogen-bond donors (Lipinski definition) is 2. The zero-order valence-corrected chi connectivity index (χ0v) is 13.9. The number of carbonyl (C=O) groups is 1. The van der Waals surface area contributed by atoms with Crippen molar-refractivity contribution < 1.29 is 13.2 Å². The first-order chi connectivity index (χ1) is 11.0. The maximum absolute atomic E-state index is 13.0. The van der Waals surface area contributed by atoms with Crippen LogP contribution in [0.1, 0.15) is 19.3 Å². The Morgan fingerprint density at radius 2 is 2.17 bits per heavy atom. The van der Waals surface area contributed by atoms with Gasteiger partial charge in [0.05, 0.1) is 21.2 Å². The molecule has 1 aromatic carbocycles. The highest BCUT2D eigenvalue weighted by Gasteiger charge is 2.39. The molecule has 9 heteroatoms. The number of nitrogens with one attached hydrogen (secondary N) is 1. The van der Waals surface area contributed by atoms with Crippen LogP contribution in [0, 0.1) is 0 Å². The van der Waals surface area contributed by atoms with E-state index in [4.69, 9.17) is 5.73 Å². The topological polar surface area (TPSA) is 113 Å². The van der Waals surface area contributed by atoms with Crippen molar-refractivity contribution in [2.24, 2.45) is 5.73 Å². The summed E-state index contributed by atoms with van der Waals surface area (Å²) in [5, 5.41) is 0. The third-order valence-corrected chi connectivity index (χ3v) is 6.94. The second-order valence-electron chi connectivity index (χ2n) is 5.53. The van der Waals surface area contributed by atoms with E-state index >= 15 is 0 Å². The summed E-state index contributed by atoms with van der Waals surface area (Å²) in [5.74, 6) is 0. The van der Waals surface area contributed by atoms with Gasteiger partial charge in [-0.15, -0.1) is 0 Å². The molecule has 0 saturated carbocycles. The number of piperidine rings is 1. The smallest absolute Gasteiger partial charge is 0.305 e. The Hall–Kier alpha value is -1.55. The van der Waals surface area contributed by atoms with Crippen molar-refractivity contribution in [1.82, 2.24) is 9.29 Å². The molecular weight excluding hydrogens is 338 g/mol. The van der Waals surface area contributed by atoms with E-state index in [1.165, 1.54) is 16.4 Å². The van der Waals surface area contributed by atoms with Gasteiger partial charge < -0.3 is 15.5 Å². The van der Waals surface area contributed by atoms with Gasteiger partial charge in [-0.3, -0.25) is 4.79 Å². The number of benzene rings is 1. The van der Waals surface area contributed by atoms with E-state index in [1.54, 1.807) is 6.07 Å². The molecule has 3 N–H and O–H groups in total. The van der Waals surface area contributed by atoms with Gasteiger partial charge in [0.25, 0.3) is 0 Å². The van der Waals surface area contributed by atoms with Gasteiger partial charge in [-0.1, -0.05) is 11.3 Å². The first kappa shape index (κ1) is 16.3. The molecule has 7 nitrogen and oxygen atoms in total. The molecule has 0 bridgehead atoms. The number of aldehydes is 1. The lowest BCUT2D eigenvalue weighted by Crippen LogP contribution is -2.53. The second kappa shape index (κ2) is 6.16. The molecule has 0 radical (unpaired) electrons. The number of aromatic amines is 1. The van der Waals surface area contributed by atoms with Crippen molar-refractivity contribution in [3.63, 3.8) is 0 Å². The summed E-state index contributed by atoms with van der Waals surface area (Å²) in [4.78, 5) is 25.2. The minimum Gasteiger partial charge on any atom is -0.329 e. The summed E-state index contributed by atoms with van der Waals surface area (Å²) in [6.45, 7) is 0.170. The van der Waals surface area contributed by atoms with Gasteiger partial charge in [-0.2, -0.15) is 4.31 Å². The molecule has 124 valence electrons. The summed E-state index contributed by atoms with van der Waals surface area (Å²) in [6, 6.07) is 3.41. The van der Waals surface area contributed by atoms with Crippen LogP contribution in [0.2, 0.25) is 0 Å². The molecule has 0 spiro atoms. The molecule has 2 heterocycles. The molecule has 2 atom stereocenters. The average Bonchev–Trinajstić information content (AvgIpc) is 2.92. The van der Waals surface area contributed by atoms with Crippen molar-refractivity contribution in [2.75, 3.05) is 6.54 Å². The van der Waals surface area contributed by atoms with Crippen molar-refractivity contribution >= 4 is 37.9 Å². The zero-order chi connectivity index (χ0) is 16.6. The third kappa shape index (κ3) is 2.85. The zero-order valence-electron chi connectivity index (χ0n) is 12.3. The number of rotatable bonds is 4. The predicted molar refractivity (Wildman–Crippen MR) is 88.0 cm³/mol. The quantitative estimate of drug-likeness (QED) is 0.782. The molecule has 2 aromatic rings. The number of thiazole rings is 1. The SMILES string of the molecule is NCC1CCCC(C=O)N1S(=O)(=O)c1ccc2[nH]c(=O)sc2c1. The Kier molecular flexibility index (Phi) is 4.37. The van der Waals surface area contributed by atoms with Crippen molar-refractivity contribution in [3.05, 3.63) is 27.9 Å². The van der Waals surface area contributed by atoms with Crippen LogP contribution >= 0.6 is 11.3 Å². The number of carbonyl (C=O) groups excluding carboxylic acids is 1. The van der Waals surface area contributed by atoms with Crippen molar-refractivity contribution in [1.29, 1.82) is 0 Å². The Bertz CT molecular complexity index is 887. The molecule has 2 unspecified atom stereocenters. The lowest BCUT2D eigenvalue weighted by molar-refractivity contribution is -0.112. The minimum atomic E-state index is -3.85. The highest BCUT2D eigenvalue weighted by atomic mass is 32.2. The van der Waals surface area contributed by atoms with Crippen LogP contribution in [0.4, 0.5) is 0 Å². The van der Waals surface area contributed by atoms with Gasteiger partial charge in [-0.05, 0) is 37.5 Å². The maximum atomic E-state index is 13.0. The van der Waals surface area contributed by atoms with Crippen LogP contribution in [0.15, 0.2) is 27.9 Å². The highest BCUT2D eigenvalue weighted by molar-refractivity contribution is 7.89. The normalized spacial score (nSPS) is 23.2. The Balaban J connectivity index is 2.09. The number of aromatic nitrogens is 1. The standard InChI is InChI=1S/C14H17N3O4S2/c15-7-9-2-1-3-10(8-18)17(9)23(20,21)11-4-5-12-13(6-11)22-14(19)16-12/h4-6,8-10H,1-3,7,15H2,(H,16,19). The van der Waals surface area contributed by atoms with Gasteiger partial charge in [-0.25, -0.2) is 8.42 Å². The van der Waals surface area contributed by atoms with Gasteiger partial charge in [0.15, 0.2) is 0 Å². The van der Waals surface area contributed by atoms with Crippen LogP contribution in [0.5, 0.6) is 0 Å². The largest absolute Gasteiger partial charge is 0.329 e. The summed E-state index contributed by atoms with van der Waals surface area (Å²) in [6.07, 6.45) is 2.58. The highest BCUT2D eigenvalue weighted by Crippen LogP contribution is 2.30. The molecule has 0 aliphatic carbocycles. The molecule has 1 aliphatic rings. The van der Waals surface area contributed by atoms with Crippen LogP contribution in [0.25, 0.3) is 10.2 Å². The Labute approximate surface area is 137 Å². The predicted octanol–water partition coefficient (Wildman–Crippen LogP) is 0.659. The molecule has 23 heavy (non-hydrogen) atoms. The number of fused-ring (bicyclic) bond motifs is 1. The van der Waals surface area contributed by atoms with E-state index in [1.807, 2.05) is 0 Å². The lowest BCUT2D eigenvalue weighted by Gasteiger charge is -2.38. The van der Waals surface area contributed by atoms with Crippen LogP contribution < -0.4 is 10.6 Å². The first-order valence-corrected chi connectivity index (χ1v) is 9.55. The fraction of sp³-hybridized carbons (Fsp3) is 0.429. The number of sulfonamides is 1. The molecule has 1 fully saturated rings. The van der Waals surface area contributed by atoms with Gasteiger partial charge in [0.2, 0.25) is 10.0 Å². The summed E-state index contributed by atoms with van der Waals surface area (Å²) < 4.78 is 27.8. The number of nitrogens with zero attached hydrogens (tertiary/aromatic N) is 1. The number of H-pyrrole nitrogens is 1. The average molecular weight is 355 g/mol. The lowest BCUT2D eigenvalue weighted by atomic mass is 9.99. The number of hydrogen-bond acceptors (Lipinski definition) is 6. The van der Waals surface area contributed by atoms with Gasteiger partial charge in [0, 0.05) is 12.6 Å². The molecule has 1 aliphatic heterocycles. The van der Waals surface area contributed by atoms with Crippen LogP contribution in [0.3, 0.4) is 0 Å². The molecule has 3 rings (SSSR count). The Morgan fingerprint density at radius 3 is 2.87 bits per heavy atom. The van der Waals surface area contributed by atoms with E-state index in [0.717, 1.165) is 17.8 Å². The van der Waals surface area contributed by atoms with Crippen LogP contribution in [-0.2, 0) is 14.8 Å². The molecule has 1 saturated heterocycles. The van der Waals surface area contributed by atoms with E-state index in [9.17, 15) is 18.0 Å². The van der Waals surface area contributed by atoms with E-state index in [0.29, 0.717) is 29.3 Å². The third-order valence-electron chi connectivity index (χ3n) is 4.12. The Morgan fingerprint density at radius 1 is 1.39 bits per heavy atom. The molecule has 0 amide bonds. The van der Waals surface area contributed by atoms with Gasteiger partial charge in [0.1, 0.15) is 6.29 Å². The van der Waals surface area contributed by atoms with E-state index in [2.05, 4.69) is 4.98 Å². The molecule has 1 aromatic heterocycles. The van der Waals surface area contributed by atoms with Crippen molar-refractivity contribution in [3.8, 4) is 0 Å².